The third kappa shape index (κ3) is 7.58. The monoisotopic (exact) mass is 434 g/mol. The van der Waals surface area contributed by atoms with Crippen LogP contribution in [0.3, 0.4) is 0 Å². The number of hydrogen-bond donors (Lipinski definition) is 0. The number of carbonyl (C=O) groups is 1. The molecule has 1 aliphatic rings. The highest BCUT2D eigenvalue weighted by molar-refractivity contribution is 5.82. The smallest absolute Gasteiger partial charge is 0.330 e. The van der Waals surface area contributed by atoms with E-state index in [1.54, 1.807) is 6.08 Å². The van der Waals surface area contributed by atoms with E-state index < -0.39 is 0 Å². The average molecular weight is 435 g/mol. The van der Waals surface area contributed by atoms with Gasteiger partial charge in [0.15, 0.2) is 5.82 Å². The van der Waals surface area contributed by atoms with E-state index in [2.05, 4.69) is 48.1 Å². The topological polar surface area (TPSA) is 52.1 Å². The maximum atomic E-state index is 12.0. The molecule has 32 heavy (non-hydrogen) atoms. The molecule has 1 heterocycles. The van der Waals surface area contributed by atoms with Crippen molar-refractivity contribution >= 4 is 5.97 Å². The van der Waals surface area contributed by atoms with Gasteiger partial charge in [-0.3, -0.25) is 0 Å². The first kappa shape index (κ1) is 24.2. The molecule has 0 saturated heterocycles. The number of esters is 1. The van der Waals surface area contributed by atoms with Crippen LogP contribution in [0.5, 0.6) is 0 Å². The Hall–Kier alpha value is -2.49. The summed E-state index contributed by atoms with van der Waals surface area (Å²) in [7, 11) is 0. The van der Waals surface area contributed by atoms with Crippen LogP contribution >= 0.6 is 0 Å². The number of aryl methyl sites for hydroxylation is 1. The molecule has 1 fully saturated rings. The van der Waals surface area contributed by atoms with Gasteiger partial charge in [-0.1, -0.05) is 69.9 Å². The maximum Gasteiger partial charge on any atom is 0.330 e. The zero-order valence-corrected chi connectivity index (χ0v) is 19.8. The third-order valence-electron chi connectivity index (χ3n) is 6.35. The van der Waals surface area contributed by atoms with Gasteiger partial charge in [0.05, 0.1) is 0 Å². The van der Waals surface area contributed by atoms with E-state index in [0.717, 1.165) is 62.8 Å². The number of rotatable bonds is 11. The molecular formula is C28H38N2O2. The summed E-state index contributed by atoms with van der Waals surface area (Å²) >= 11 is 0. The molecule has 0 radical (unpaired) electrons. The van der Waals surface area contributed by atoms with Crippen LogP contribution in [0.15, 0.2) is 48.8 Å². The molecule has 4 heteroatoms. The molecule has 0 unspecified atom stereocenters. The van der Waals surface area contributed by atoms with E-state index in [1.165, 1.54) is 30.4 Å². The fourth-order valence-corrected chi connectivity index (χ4v) is 4.34. The highest BCUT2D eigenvalue weighted by atomic mass is 16.5. The maximum absolute atomic E-state index is 12.0. The van der Waals surface area contributed by atoms with E-state index in [9.17, 15) is 4.79 Å². The lowest BCUT2D eigenvalue weighted by atomic mass is 9.82. The predicted molar refractivity (Wildman–Crippen MR) is 130 cm³/mol. The second-order valence-electron chi connectivity index (χ2n) is 8.95. The standard InChI is InChI=1S/C28H38N2O2/c1-3-5-7-9-11-27(31)32-26-18-16-24(17-19-26)23-12-14-25(15-13-23)28-29-20-22(21-30-28)10-8-6-4-2/h9,11-15,20-21,24,26H,3-8,10,16-19H2,1-2H3. The van der Waals surface area contributed by atoms with E-state index in [4.69, 9.17) is 4.74 Å². The number of ether oxygens (including phenoxy) is 1. The normalized spacial score (nSPS) is 18.7. The number of hydrogen-bond acceptors (Lipinski definition) is 4. The number of allylic oxidation sites excluding steroid dienone is 1. The minimum Gasteiger partial charge on any atom is -0.459 e. The van der Waals surface area contributed by atoms with Crippen molar-refractivity contribution < 1.29 is 9.53 Å². The molecule has 1 aromatic heterocycles. The molecule has 2 aromatic rings. The average Bonchev–Trinajstić information content (AvgIpc) is 2.83. The van der Waals surface area contributed by atoms with Crippen LogP contribution in [0.25, 0.3) is 11.4 Å². The Balaban J connectivity index is 1.46. The highest BCUT2D eigenvalue weighted by Gasteiger charge is 2.24. The third-order valence-corrected chi connectivity index (χ3v) is 6.35. The van der Waals surface area contributed by atoms with Gasteiger partial charge in [0.25, 0.3) is 0 Å². The zero-order chi connectivity index (χ0) is 22.6. The first-order valence-corrected chi connectivity index (χ1v) is 12.5. The number of aromatic nitrogens is 2. The van der Waals surface area contributed by atoms with Gasteiger partial charge >= 0.3 is 5.97 Å². The molecule has 0 bridgehead atoms. The Bertz CT molecular complexity index is 835. The van der Waals surface area contributed by atoms with Crippen molar-refractivity contribution in [1.29, 1.82) is 0 Å². The van der Waals surface area contributed by atoms with Crippen LogP contribution in [-0.2, 0) is 16.0 Å². The summed E-state index contributed by atoms with van der Waals surface area (Å²) in [6.07, 6.45) is 19.4. The first-order valence-electron chi connectivity index (χ1n) is 12.5. The van der Waals surface area contributed by atoms with Gasteiger partial charge in [0.1, 0.15) is 6.10 Å². The van der Waals surface area contributed by atoms with E-state index >= 15 is 0 Å². The molecule has 0 aliphatic heterocycles. The molecule has 0 spiro atoms. The van der Waals surface area contributed by atoms with E-state index in [1.807, 2.05) is 18.5 Å². The first-order chi connectivity index (χ1) is 15.7. The molecule has 0 N–H and O–H groups in total. The summed E-state index contributed by atoms with van der Waals surface area (Å²) < 4.78 is 5.63. The van der Waals surface area contributed by atoms with Gasteiger partial charge in [-0.25, -0.2) is 14.8 Å². The summed E-state index contributed by atoms with van der Waals surface area (Å²) in [5, 5.41) is 0. The lowest BCUT2D eigenvalue weighted by Crippen LogP contribution is -2.23. The van der Waals surface area contributed by atoms with Crippen LogP contribution in [0.1, 0.15) is 95.1 Å². The molecule has 1 saturated carbocycles. The summed E-state index contributed by atoms with van der Waals surface area (Å²) in [6, 6.07) is 8.69. The van der Waals surface area contributed by atoms with Gasteiger partial charge in [0, 0.05) is 24.0 Å². The molecule has 1 aromatic carbocycles. The minimum atomic E-state index is -0.190. The van der Waals surface area contributed by atoms with Crippen LogP contribution in [-0.4, -0.2) is 22.0 Å². The second kappa shape index (κ2) is 13.1. The van der Waals surface area contributed by atoms with Crippen molar-refractivity contribution in [3.8, 4) is 11.4 Å². The zero-order valence-electron chi connectivity index (χ0n) is 19.8. The Morgan fingerprint density at radius 3 is 2.31 bits per heavy atom. The summed E-state index contributed by atoms with van der Waals surface area (Å²) in [5.41, 5.74) is 3.63. The lowest BCUT2D eigenvalue weighted by Gasteiger charge is -2.28. The van der Waals surface area contributed by atoms with Gasteiger partial charge in [-0.05, 0) is 62.0 Å². The van der Waals surface area contributed by atoms with Crippen molar-refractivity contribution in [3.05, 3.63) is 59.9 Å². The van der Waals surface area contributed by atoms with Crippen LogP contribution in [0.2, 0.25) is 0 Å². The predicted octanol–water partition coefficient (Wildman–Crippen LogP) is 7.19. The van der Waals surface area contributed by atoms with Crippen molar-refractivity contribution in [3.63, 3.8) is 0 Å². The number of carbonyl (C=O) groups excluding carboxylic acids is 1. The Kier molecular flexibility index (Phi) is 9.93. The summed E-state index contributed by atoms with van der Waals surface area (Å²) in [6.45, 7) is 4.37. The molecule has 172 valence electrons. The SMILES string of the molecule is CCCCC=CC(=O)OC1CCC(c2ccc(-c3ncc(CCCCC)cn3)cc2)CC1. The lowest BCUT2D eigenvalue weighted by molar-refractivity contribution is -0.144. The fraction of sp³-hybridized carbons (Fsp3) is 0.536. The van der Waals surface area contributed by atoms with E-state index in [-0.39, 0.29) is 12.1 Å². The van der Waals surface area contributed by atoms with Crippen molar-refractivity contribution in [2.24, 2.45) is 0 Å². The molecule has 3 rings (SSSR count). The Labute approximate surface area is 193 Å². The van der Waals surface area contributed by atoms with Gasteiger partial charge in [-0.15, -0.1) is 0 Å². The van der Waals surface area contributed by atoms with Crippen molar-refractivity contribution in [2.75, 3.05) is 0 Å². The quantitative estimate of drug-likeness (QED) is 0.213. The molecule has 0 atom stereocenters. The van der Waals surface area contributed by atoms with Gasteiger partial charge < -0.3 is 4.74 Å². The molecular weight excluding hydrogens is 396 g/mol. The Morgan fingerprint density at radius 2 is 1.66 bits per heavy atom. The van der Waals surface area contributed by atoms with Crippen LogP contribution < -0.4 is 0 Å². The minimum absolute atomic E-state index is 0.0538. The summed E-state index contributed by atoms with van der Waals surface area (Å²) in [5.74, 6) is 1.13. The van der Waals surface area contributed by atoms with Crippen molar-refractivity contribution in [2.45, 2.75) is 96.5 Å². The van der Waals surface area contributed by atoms with E-state index in [0.29, 0.717) is 5.92 Å². The number of unbranched alkanes of at least 4 members (excludes halogenated alkanes) is 4. The molecule has 1 aliphatic carbocycles. The number of benzene rings is 1. The largest absolute Gasteiger partial charge is 0.459 e. The fourth-order valence-electron chi connectivity index (χ4n) is 4.34. The number of nitrogens with zero attached hydrogens (tertiary/aromatic N) is 2. The van der Waals surface area contributed by atoms with Gasteiger partial charge in [-0.2, -0.15) is 0 Å². The van der Waals surface area contributed by atoms with Crippen molar-refractivity contribution in [1.82, 2.24) is 9.97 Å². The second-order valence-corrected chi connectivity index (χ2v) is 8.95. The summed E-state index contributed by atoms with van der Waals surface area (Å²) in [4.78, 5) is 21.1. The van der Waals surface area contributed by atoms with Crippen LogP contribution in [0.4, 0.5) is 0 Å². The molecule has 4 nitrogen and oxygen atoms in total. The van der Waals surface area contributed by atoms with Crippen LogP contribution in [0, 0.1) is 0 Å². The Morgan fingerprint density at radius 1 is 0.969 bits per heavy atom. The highest BCUT2D eigenvalue weighted by Crippen LogP contribution is 2.34. The molecule has 0 amide bonds. The van der Waals surface area contributed by atoms with Gasteiger partial charge in [0.2, 0.25) is 0 Å².